The molecule has 1 saturated heterocycles. The summed E-state index contributed by atoms with van der Waals surface area (Å²) < 4.78 is 5.54. The van der Waals surface area contributed by atoms with Gasteiger partial charge in [0.15, 0.2) is 0 Å². The van der Waals surface area contributed by atoms with Crippen molar-refractivity contribution in [1.82, 2.24) is 20.2 Å². The van der Waals surface area contributed by atoms with Crippen molar-refractivity contribution in [3.8, 4) is 0 Å². The molecule has 1 aliphatic heterocycles. The second-order valence-corrected chi connectivity index (χ2v) is 7.45. The Labute approximate surface area is 167 Å². The van der Waals surface area contributed by atoms with Crippen LogP contribution in [0, 0.1) is 10.1 Å². The van der Waals surface area contributed by atoms with Crippen molar-refractivity contribution in [3.05, 3.63) is 52.0 Å². The summed E-state index contributed by atoms with van der Waals surface area (Å²) in [5, 5.41) is 47.8. The van der Waals surface area contributed by atoms with Crippen molar-refractivity contribution >= 4 is 28.5 Å². The lowest BCUT2D eigenvalue weighted by Gasteiger charge is -2.12. The lowest BCUT2D eigenvalue weighted by atomic mass is 10.1. The minimum atomic E-state index is -1.23. The fraction of sp³-hybridized carbons (Fsp3) is 0.353. The van der Waals surface area contributed by atoms with Gasteiger partial charge in [0.25, 0.3) is 5.69 Å². The molecule has 0 spiro atoms. The lowest BCUT2D eigenvalue weighted by Crippen LogP contribution is -2.32. The van der Waals surface area contributed by atoms with E-state index < -0.39 is 35.9 Å². The van der Waals surface area contributed by atoms with Crippen LogP contribution in [0.25, 0.3) is 11.0 Å². The number of aliphatic hydroxyl groups excluding tert-OH is 3. The molecule has 1 aromatic carbocycles. The van der Waals surface area contributed by atoms with Gasteiger partial charge in [-0.15, -0.1) is 0 Å². The molecule has 11 nitrogen and oxygen atoms in total. The van der Waals surface area contributed by atoms with Crippen LogP contribution in [0.1, 0.15) is 17.4 Å². The summed E-state index contributed by atoms with van der Waals surface area (Å²) in [4.78, 5) is 18.8. The van der Waals surface area contributed by atoms with Crippen molar-refractivity contribution in [1.29, 1.82) is 0 Å². The van der Waals surface area contributed by atoms with E-state index in [0.29, 0.717) is 27.5 Å². The Balaban J connectivity index is 1.55. The highest BCUT2D eigenvalue weighted by atomic mass is 32.2. The SMILES string of the molecule is O=[N+]([O-])c1ccc(CSc2ncnc3c(C4OC(CO)C(O)C4O)[nH]nc23)cc1. The third kappa shape index (κ3) is 3.68. The van der Waals surface area contributed by atoms with Gasteiger partial charge < -0.3 is 20.1 Å². The summed E-state index contributed by atoms with van der Waals surface area (Å²) in [6.45, 7) is -0.424. The molecule has 0 bridgehead atoms. The molecular weight excluding hydrogens is 402 g/mol. The Morgan fingerprint density at radius 2 is 1.93 bits per heavy atom. The second-order valence-electron chi connectivity index (χ2n) is 6.48. The van der Waals surface area contributed by atoms with Crippen LogP contribution >= 0.6 is 11.8 Å². The molecule has 3 heterocycles. The van der Waals surface area contributed by atoms with E-state index in [1.54, 1.807) is 12.1 Å². The number of thioether (sulfide) groups is 1. The Morgan fingerprint density at radius 1 is 1.17 bits per heavy atom. The maximum absolute atomic E-state index is 10.7. The number of benzene rings is 1. The zero-order chi connectivity index (χ0) is 20.5. The number of hydrogen-bond donors (Lipinski definition) is 4. The molecule has 3 aromatic rings. The van der Waals surface area contributed by atoms with Gasteiger partial charge in [-0.25, -0.2) is 9.97 Å². The van der Waals surface area contributed by atoms with Gasteiger partial charge in [-0.2, -0.15) is 5.10 Å². The van der Waals surface area contributed by atoms with Gasteiger partial charge in [-0.3, -0.25) is 15.2 Å². The van der Waals surface area contributed by atoms with E-state index in [-0.39, 0.29) is 5.69 Å². The minimum absolute atomic E-state index is 0.0265. The Morgan fingerprint density at radius 3 is 2.59 bits per heavy atom. The van der Waals surface area contributed by atoms with Gasteiger partial charge in [-0.05, 0) is 5.56 Å². The molecule has 1 aliphatic rings. The Hall–Kier alpha value is -2.64. The molecule has 4 rings (SSSR count). The van der Waals surface area contributed by atoms with E-state index in [4.69, 9.17) is 4.74 Å². The number of fused-ring (bicyclic) bond motifs is 1. The number of aliphatic hydroxyl groups is 3. The van der Waals surface area contributed by atoms with Crippen molar-refractivity contribution in [2.75, 3.05) is 6.61 Å². The van der Waals surface area contributed by atoms with E-state index >= 15 is 0 Å². The van der Waals surface area contributed by atoms with Crippen molar-refractivity contribution in [3.63, 3.8) is 0 Å². The van der Waals surface area contributed by atoms with Crippen molar-refractivity contribution < 1.29 is 25.0 Å². The molecule has 0 saturated carbocycles. The van der Waals surface area contributed by atoms with Gasteiger partial charge in [-0.1, -0.05) is 23.9 Å². The molecule has 4 unspecified atom stereocenters. The van der Waals surface area contributed by atoms with E-state index in [9.17, 15) is 25.4 Å². The highest BCUT2D eigenvalue weighted by Crippen LogP contribution is 2.36. The molecule has 1 fully saturated rings. The molecule has 152 valence electrons. The monoisotopic (exact) mass is 419 g/mol. The average molecular weight is 419 g/mol. The standard InChI is InChI=1S/C17H17N5O6S/c23-5-10-14(24)15(25)16(28-10)12-11-13(21-20-12)17(19-7-18-11)29-6-8-1-3-9(4-2-8)22(26)27/h1-4,7,10,14-16,23-25H,5-6H2,(H,20,21). The molecule has 2 aromatic heterocycles. The van der Waals surface area contributed by atoms with Gasteiger partial charge in [0.1, 0.15) is 46.8 Å². The Kier molecular flexibility index (Phi) is 5.43. The molecule has 12 heteroatoms. The van der Waals surface area contributed by atoms with Gasteiger partial charge in [0, 0.05) is 17.9 Å². The number of hydrogen-bond acceptors (Lipinski definition) is 10. The van der Waals surface area contributed by atoms with Gasteiger partial charge >= 0.3 is 0 Å². The maximum atomic E-state index is 10.7. The lowest BCUT2D eigenvalue weighted by molar-refractivity contribution is -0.384. The van der Waals surface area contributed by atoms with Crippen molar-refractivity contribution in [2.24, 2.45) is 0 Å². The smallest absolute Gasteiger partial charge is 0.269 e. The average Bonchev–Trinajstić information content (AvgIpc) is 3.28. The van der Waals surface area contributed by atoms with E-state index in [1.165, 1.54) is 30.2 Å². The van der Waals surface area contributed by atoms with Crippen LogP contribution in [-0.2, 0) is 10.5 Å². The van der Waals surface area contributed by atoms with Gasteiger partial charge in [0.2, 0.25) is 0 Å². The number of nitrogens with one attached hydrogen (secondary N) is 1. The van der Waals surface area contributed by atoms with Crippen LogP contribution < -0.4 is 0 Å². The molecule has 0 aliphatic carbocycles. The first-order chi connectivity index (χ1) is 14.0. The highest BCUT2D eigenvalue weighted by Gasteiger charge is 2.44. The number of nitro groups is 1. The number of aromatic amines is 1. The number of ether oxygens (including phenoxy) is 1. The third-order valence-corrected chi connectivity index (χ3v) is 5.73. The van der Waals surface area contributed by atoms with Crippen LogP contribution in [0.5, 0.6) is 0 Å². The topological polar surface area (TPSA) is 168 Å². The van der Waals surface area contributed by atoms with Crippen LogP contribution in [0.15, 0.2) is 35.6 Å². The molecule has 4 atom stereocenters. The zero-order valence-electron chi connectivity index (χ0n) is 14.9. The normalized spacial score (nSPS) is 24.2. The van der Waals surface area contributed by atoms with Gasteiger partial charge in [0.05, 0.1) is 17.2 Å². The fourth-order valence-electron chi connectivity index (χ4n) is 3.14. The molecule has 4 N–H and O–H groups in total. The largest absolute Gasteiger partial charge is 0.394 e. The third-order valence-electron chi connectivity index (χ3n) is 4.68. The summed E-state index contributed by atoms with van der Waals surface area (Å²) in [5.74, 6) is 0.514. The van der Waals surface area contributed by atoms with Crippen LogP contribution in [0.4, 0.5) is 5.69 Å². The van der Waals surface area contributed by atoms with Crippen molar-refractivity contribution in [2.45, 2.75) is 35.2 Å². The first-order valence-corrected chi connectivity index (χ1v) is 9.65. The van der Waals surface area contributed by atoms with Crippen LogP contribution in [0.2, 0.25) is 0 Å². The first kappa shape index (κ1) is 19.7. The molecular formula is C17H17N5O6S. The molecule has 0 amide bonds. The first-order valence-electron chi connectivity index (χ1n) is 8.67. The zero-order valence-corrected chi connectivity index (χ0v) is 15.7. The number of nitrogens with zero attached hydrogens (tertiary/aromatic N) is 4. The minimum Gasteiger partial charge on any atom is -0.394 e. The molecule has 29 heavy (non-hydrogen) atoms. The van der Waals surface area contributed by atoms with E-state index in [1.807, 2.05) is 0 Å². The second kappa shape index (κ2) is 8.00. The van der Waals surface area contributed by atoms with E-state index in [2.05, 4.69) is 20.2 Å². The maximum Gasteiger partial charge on any atom is 0.269 e. The number of H-pyrrole nitrogens is 1. The predicted molar refractivity (Wildman–Crippen MR) is 101 cm³/mol. The summed E-state index contributed by atoms with van der Waals surface area (Å²) in [6.07, 6.45) is -2.90. The Bertz CT molecular complexity index is 1030. The summed E-state index contributed by atoms with van der Waals surface area (Å²) >= 11 is 1.38. The quantitative estimate of drug-likeness (QED) is 0.193. The highest BCUT2D eigenvalue weighted by molar-refractivity contribution is 7.98. The fourth-order valence-corrected chi connectivity index (χ4v) is 4.03. The number of aromatic nitrogens is 4. The van der Waals surface area contributed by atoms with Crippen LogP contribution in [-0.4, -0.2) is 65.3 Å². The predicted octanol–water partition coefficient (Wildman–Crippen LogP) is 0.707. The number of nitro benzene ring substituents is 1. The summed E-state index contributed by atoms with van der Waals surface area (Å²) in [7, 11) is 0. The molecule has 0 radical (unpaired) electrons. The summed E-state index contributed by atoms with van der Waals surface area (Å²) in [5.41, 5.74) is 2.22. The van der Waals surface area contributed by atoms with E-state index in [0.717, 1.165) is 5.56 Å². The number of non-ortho nitro benzene ring substituents is 1. The summed E-state index contributed by atoms with van der Waals surface area (Å²) in [6, 6.07) is 6.25. The number of rotatable bonds is 6. The van der Waals surface area contributed by atoms with Crippen LogP contribution in [0.3, 0.4) is 0 Å².